The van der Waals surface area contributed by atoms with Gasteiger partial charge in [-0.3, -0.25) is 10.0 Å². The molecular formula is C16H14N4O2. The molecule has 0 saturated carbocycles. The smallest absolute Gasteiger partial charge is 0.274 e. The number of nitrogens with one attached hydrogen (secondary N) is 2. The molecule has 1 aliphatic rings. The Kier molecular flexibility index (Phi) is 4.26. The highest BCUT2D eigenvalue weighted by Crippen LogP contribution is 2.37. The minimum absolute atomic E-state index is 0.253. The number of nitriles is 2. The summed E-state index contributed by atoms with van der Waals surface area (Å²) in [5.41, 5.74) is 4.71. The molecule has 1 aromatic rings. The molecule has 0 saturated heterocycles. The van der Waals surface area contributed by atoms with E-state index >= 15 is 0 Å². The first kappa shape index (κ1) is 15.3. The molecular weight excluding hydrogens is 280 g/mol. The van der Waals surface area contributed by atoms with E-state index in [4.69, 9.17) is 5.21 Å². The van der Waals surface area contributed by atoms with Gasteiger partial charge in [-0.25, -0.2) is 5.48 Å². The highest BCUT2D eigenvalue weighted by atomic mass is 16.5. The van der Waals surface area contributed by atoms with E-state index in [0.29, 0.717) is 28.1 Å². The summed E-state index contributed by atoms with van der Waals surface area (Å²) in [6.07, 6.45) is 0. The molecule has 0 radical (unpaired) electrons. The van der Waals surface area contributed by atoms with Crippen LogP contribution in [0.3, 0.4) is 0 Å². The summed E-state index contributed by atoms with van der Waals surface area (Å²) in [6, 6.07) is 10.8. The Morgan fingerprint density at radius 2 is 1.82 bits per heavy atom. The Morgan fingerprint density at radius 3 is 2.32 bits per heavy atom. The van der Waals surface area contributed by atoms with Crippen molar-refractivity contribution in [3.05, 3.63) is 57.9 Å². The van der Waals surface area contributed by atoms with Gasteiger partial charge in [0, 0.05) is 17.0 Å². The third kappa shape index (κ3) is 2.56. The van der Waals surface area contributed by atoms with Crippen LogP contribution in [0, 0.1) is 22.7 Å². The summed E-state index contributed by atoms with van der Waals surface area (Å²) >= 11 is 0. The van der Waals surface area contributed by atoms with Gasteiger partial charge >= 0.3 is 0 Å². The van der Waals surface area contributed by atoms with Crippen LogP contribution >= 0.6 is 0 Å². The quantitative estimate of drug-likeness (QED) is 0.571. The minimum atomic E-state index is -0.644. The van der Waals surface area contributed by atoms with Gasteiger partial charge in [-0.1, -0.05) is 12.1 Å². The van der Waals surface area contributed by atoms with Crippen LogP contribution in [0.15, 0.2) is 46.8 Å². The predicted octanol–water partition coefficient (Wildman–Crippen LogP) is 2.09. The maximum atomic E-state index is 11.6. The van der Waals surface area contributed by atoms with Gasteiger partial charge in [0.15, 0.2) is 0 Å². The molecule has 22 heavy (non-hydrogen) atoms. The zero-order chi connectivity index (χ0) is 16.3. The van der Waals surface area contributed by atoms with E-state index in [2.05, 4.69) is 17.5 Å². The number of hydrogen-bond donors (Lipinski definition) is 3. The molecule has 6 nitrogen and oxygen atoms in total. The lowest BCUT2D eigenvalue weighted by Gasteiger charge is -2.26. The number of benzene rings is 1. The van der Waals surface area contributed by atoms with E-state index < -0.39 is 11.8 Å². The molecule has 1 amide bonds. The summed E-state index contributed by atoms with van der Waals surface area (Å²) in [4.78, 5) is 11.6. The first-order chi connectivity index (χ1) is 10.5. The van der Waals surface area contributed by atoms with Crippen molar-refractivity contribution in [2.45, 2.75) is 19.8 Å². The highest BCUT2D eigenvalue weighted by molar-refractivity contribution is 5.93. The SMILES string of the molecule is CC1=C(C#N)C(c2cccc(C(=O)NO)c2)C(C#N)=C(C)N1. The number of hydroxylamine groups is 1. The lowest BCUT2D eigenvalue weighted by Crippen LogP contribution is -2.24. The maximum Gasteiger partial charge on any atom is 0.274 e. The van der Waals surface area contributed by atoms with Gasteiger partial charge in [-0.2, -0.15) is 10.5 Å². The largest absolute Gasteiger partial charge is 0.361 e. The van der Waals surface area contributed by atoms with Crippen LogP contribution in [0.1, 0.15) is 35.7 Å². The van der Waals surface area contributed by atoms with Gasteiger partial charge in [0.2, 0.25) is 0 Å². The first-order valence-electron chi connectivity index (χ1n) is 6.56. The molecule has 0 fully saturated rings. The van der Waals surface area contributed by atoms with Gasteiger partial charge < -0.3 is 5.32 Å². The minimum Gasteiger partial charge on any atom is -0.361 e. The number of carbonyl (C=O) groups is 1. The number of allylic oxidation sites excluding steroid dienone is 4. The monoisotopic (exact) mass is 294 g/mol. The standard InChI is InChI=1S/C16H14N4O2/c1-9-13(7-17)15(14(8-18)10(2)19-9)11-4-3-5-12(6-11)16(21)20-22/h3-6,15,19,22H,1-2H3,(H,20,21). The van der Waals surface area contributed by atoms with Gasteiger partial charge in [-0.15, -0.1) is 0 Å². The Morgan fingerprint density at radius 1 is 1.23 bits per heavy atom. The van der Waals surface area contributed by atoms with E-state index in [1.54, 1.807) is 43.6 Å². The third-order valence-corrected chi connectivity index (χ3v) is 3.58. The molecule has 6 heteroatoms. The zero-order valence-corrected chi connectivity index (χ0v) is 12.1. The molecule has 1 heterocycles. The summed E-state index contributed by atoms with van der Waals surface area (Å²) < 4.78 is 0. The van der Waals surface area contributed by atoms with E-state index in [1.807, 2.05) is 0 Å². The number of nitrogens with zero attached hydrogens (tertiary/aromatic N) is 2. The first-order valence-corrected chi connectivity index (χ1v) is 6.56. The van der Waals surface area contributed by atoms with Crippen molar-refractivity contribution in [1.29, 1.82) is 10.5 Å². The lowest BCUT2D eigenvalue weighted by atomic mass is 9.81. The van der Waals surface area contributed by atoms with E-state index in [9.17, 15) is 15.3 Å². The van der Waals surface area contributed by atoms with Gasteiger partial charge in [0.1, 0.15) is 0 Å². The van der Waals surface area contributed by atoms with Crippen molar-refractivity contribution in [2.75, 3.05) is 0 Å². The zero-order valence-electron chi connectivity index (χ0n) is 12.1. The van der Waals surface area contributed by atoms with Gasteiger partial charge in [0.25, 0.3) is 5.91 Å². The Labute approximate surface area is 127 Å². The summed E-state index contributed by atoms with van der Waals surface area (Å²) in [6.45, 7) is 3.54. The van der Waals surface area contributed by atoms with Crippen molar-refractivity contribution in [2.24, 2.45) is 0 Å². The number of dihydropyridines is 1. The Balaban J connectivity index is 2.62. The third-order valence-electron chi connectivity index (χ3n) is 3.58. The fourth-order valence-corrected chi connectivity index (χ4v) is 2.55. The van der Waals surface area contributed by atoms with Crippen LogP contribution < -0.4 is 10.8 Å². The molecule has 0 aliphatic carbocycles. The second-order valence-corrected chi connectivity index (χ2v) is 4.93. The fraction of sp³-hybridized carbons (Fsp3) is 0.188. The molecule has 0 bridgehead atoms. The molecule has 3 N–H and O–H groups in total. The molecule has 2 rings (SSSR count). The molecule has 0 atom stereocenters. The number of hydrogen-bond acceptors (Lipinski definition) is 5. The van der Waals surface area contributed by atoms with Crippen molar-refractivity contribution in [1.82, 2.24) is 10.8 Å². The lowest BCUT2D eigenvalue weighted by molar-refractivity contribution is 0.0706. The number of carbonyl (C=O) groups excluding carboxylic acids is 1. The molecule has 110 valence electrons. The van der Waals surface area contributed by atoms with Crippen molar-refractivity contribution < 1.29 is 10.0 Å². The van der Waals surface area contributed by atoms with Crippen molar-refractivity contribution >= 4 is 5.91 Å². The summed E-state index contributed by atoms with van der Waals surface area (Å²) in [5.74, 6) is -1.17. The van der Waals surface area contributed by atoms with Crippen LogP contribution in [0.2, 0.25) is 0 Å². The summed E-state index contributed by atoms with van der Waals surface area (Å²) in [7, 11) is 0. The molecule has 0 unspecified atom stereocenters. The molecule has 0 spiro atoms. The van der Waals surface area contributed by atoms with Crippen LogP contribution in [-0.2, 0) is 0 Å². The predicted molar refractivity (Wildman–Crippen MR) is 78.2 cm³/mol. The Bertz CT molecular complexity index is 742. The average Bonchev–Trinajstić information content (AvgIpc) is 2.53. The van der Waals surface area contributed by atoms with Crippen LogP contribution in [0.4, 0.5) is 0 Å². The molecule has 1 aromatic carbocycles. The van der Waals surface area contributed by atoms with Gasteiger partial charge in [0.05, 0.1) is 29.2 Å². The number of rotatable bonds is 2. The topological polar surface area (TPSA) is 109 Å². The van der Waals surface area contributed by atoms with Crippen LogP contribution in [0.25, 0.3) is 0 Å². The number of amides is 1. The maximum absolute atomic E-state index is 11.6. The average molecular weight is 294 g/mol. The second kappa shape index (κ2) is 6.13. The van der Waals surface area contributed by atoms with E-state index in [1.165, 1.54) is 0 Å². The fourth-order valence-electron chi connectivity index (χ4n) is 2.55. The normalized spacial score (nSPS) is 15.0. The second-order valence-electron chi connectivity index (χ2n) is 4.93. The van der Waals surface area contributed by atoms with E-state index in [-0.39, 0.29) is 5.56 Å². The van der Waals surface area contributed by atoms with Crippen molar-refractivity contribution in [3.63, 3.8) is 0 Å². The van der Waals surface area contributed by atoms with Gasteiger partial charge in [-0.05, 0) is 31.5 Å². The molecule has 1 aliphatic heterocycles. The van der Waals surface area contributed by atoms with Crippen LogP contribution in [-0.4, -0.2) is 11.1 Å². The van der Waals surface area contributed by atoms with Crippen LogP contribution in [0.5, 0.6) is 0 Å². The highest BCUT2D eigenvalue weighted by Gasteiger charge is 2.29. The summed E-state index contributed by atoms with van der Waals surface area (Å²) in [5, 5.41) is 30.6. The van der Waals surface area contributed by atoms with E-state index in [0.717, 1.165) is 0 Å². The molecule has 0 aromatic heterocycles. The Hall–Kier alpha value is -3.09. The van der Waals surface area contributed by atoms with Crippen molar-refractivity contribution in [3.8, 4) is 12.1 Å².